The van der Waals surface area contributed by atoms with E-state index in [1.165, 1.54) is 11.8 Å². The minimum absolute atomic E-state index is 0.0111. The summed E-state index contributed by atoms with van der Waals surface area (Å²) in [5.74, 6) is 0.0458. The first-order chi connectivity index (χ1) is 10.0. The van der Waals surface area contributed by atoms with Crippen molar-refractivity contribution < 1.29 is 14.3 Å². The monoisotopic (exact) mass is 303 g/mol. The zero-order chi connectivity index (χ0) is 15.0. The molecule has 2 aromatic heterocycles. The van der Waals surface area contributed by atoms with Gasteiger partial charge in [0.05, 0.1) is 16.8 Å². The maximum atomic E-state index is 10.9. The second-order valence-electron chi connectivity index (χ2n) is 4.64. The Bertz CT molecular complexity index is 822. The zero-order valence-corrected chi connectivity index (χ0v) is 12.0. The molecule has 6 nitrogen and oxygen atoms in total. The molecule has 0 aliphatic carbocycles. The highest BCUT2D eigenvalue weighted by Gasteiger charge is 2.14. The molecule has 21 heavy (non-hydrogen) atoms. The number of fused-ring (bicyclic) bond motifs is 1. The number of hydrogen-bond acceptors (Lipinski definition) is 5. The number of imidazole rings is 1. The van der Waals surface area contributed by atoms with Crippen molar-refractivity contribution in [1.82, 2.24) is 9.97 Å². The number of H-pyrrole nitrogens is 1. The maximum absolute atomic E-state index is 10.9. The molecule has 7 heteroatoms. The molecule has 0 amide bonds. The van der Waals surface area contributed by atoms with E-state index in [1.807, 2.05) is 12.1 Å². The van der Waals surface area contributed by atoms with Gasteiger partial charge in [0.2, 0.25) is 5.76 Å². The molecule has 3 aromatic rings. The molecule has 0 bridgehead atoms. The van der Waals surface area contributed by atoms with E-state index in [0.29, 0.717) is 22.8 Å². The van der Waals surface area contributed by atoms with Crippen LogP contribution in [0.4, 0.5) is 5.69 Å². The minimum atomic E-state index is -1.05. The second-order valence-corrected chi connectivity index (χ2v) is 5.60. The van der Waals surface area contributed by atoms with Crippen LogP contribution in [0.5, 0.6) is 0 Å². The Morgan fingerprint density at radius 1 is 1.48 bits per heavy atom. The number of nitrogens with one attached hydrogen (secondary N) is 1. The van der Waals surface area contributed by atoms with Crippen LogP contribution >= 0.6 is 11.8 Å². The molecule has 0 spiro atoms. The van der Waals surface area contributed by atoms with Gasteiger partial charge in [-0.25, -0.2) is 9.78 Å². The molecule has 0 aliphatic heterocycles. The summed E-state index contributed by atoms with van der Waals surface area (Å²) in [6.45, 7) is 1.71. The predicted molar refractivity (Wildman–Crippen MR) is 80.5 cm³/mol. The van der Waals surface area contributed by atoms with Crippen LogP contribution in [0, 0.1) is 6.92 Å². The lowest BCUT2D eigenvalue weighted by Crippen LogP contribution is -1.94. The Labute approximate surface area is 124 Å². The van der Waals surface area contributed by atoms with Gasteiger partial charge < -0.3 is 20.2 Å². The van der Waals surface area contributed by atoms with E-state index in [4.69, 9.17) is 15.3 Å². The molecule has 1 aromatic carbocycles. The van der Waals surface area contributed by atoms with Crippen molar-refractivity contribution in [2.24, 2.45) is 0 Å². The summed E-state index contributed by atoms with van der Waals surface area (Å²) in [5.41, 5.74) is 8.73. The van der Waals surface area contributed by atoms with Crippen molar-refractivity contribution in [3.8, 4) is 0 Å². The molecule has 108 valence electrons. The summed E-state index contributed by atoms with van der Waals surface area (Å²) in [6.07, 6.45) is 0. The first-order valence-electron chi connectivity index (χ1n) is 6.23. The topological polar surface area (TPSA) is 105 Å². The number of furan rings is 1. The molecule has 0 fully saturated rings. The van der Waals surface area contributed by atoms with Crippen molar-refractivity contribution in [2.45, 2.75) is 17.8 Å². The van der Waals surface area contributed by atoms with Gasteiger partial charge in [0.25, 0.3) is 0 Å². The lowest BCUT2D eigenvalue weighted by atomic mass is 10.3. The summed E-state index contributed by atoms with van der Waals surface area (Å²) in [6, 6.07) is 7.21. The fraction of sp³-hybridized carbons (Fsp3) is 0.143. The fourth-order valence-corrected chi connectivity index (χ4v) is 2.81. The highest BCUT2D eigenvalue weighted by atomic mass is 32.2. The van der Waals surface area contributed by atoms with E-state index in [9.17, 15) is 4.79 Å². The number of aromatic amines is 1. The summed E-state index contributed by atoms with van der Waals surface area (Å²) in [7, 11) is 0. The average Bonchev–Trinajstić information content (AvgIpc) is 2.99. The summed E-state index contributed by atoms with van der Waals surface area (Å²) in [4.78, 5) is 18.5. The second kappa shape index (κ2) is 5.17. The number of carboxylic acid groups (broad SMARTS) is 1. The SMILES string of the molecule is Cc1cc(CSc2nc3ccc(N)cc3[nH]2)oc1C(=O)O. The summed E-state index contributed by atoms with van der Waals surface area (Å²) in [5, 5.41) is 9.69. The van der Waals surface area contributed by atoms with E-state index in [-0.39, 0.29) is 5.76 Å². The third kappa shape index (κ3) is 2.73. The number of carbonyl (C=O) groups is 1. The number of aryl methyl sites for hydroxylation is 1. The summed E-state index contributed by atoms with van der Waals surface area (Å²) < 4.78 is 5.31. The number of thioether (sulfide) groups is 1. The van der Waals surface area contributed by atoms with Crippen LogP contribution in [0.3, 0.4) is 0 Å². The Hall–Kier alpha value is -2.41. The number of nitrogens with zero attached hydrogens (tertiary/aromatic N) is 1. The van der Waals surface area contributed by atoms with Crippen LogP contribution in [-0.2, 0) is 5.75 Å². The van der Waals surface area contributed by atoms with E-state index < -0.39 is 5.97 Å². The fourth-order valence-electron chi connectivity index (χ4n) is 2.04. The van der Waals surface area contributed by atoms with Crippen LogP contribution in [0.15, 0.2) is 33.8 Å². The van der Waals surface area contributed by atoms with Crippen molar-refractivity contribution in [3.05, 3.63) is 41.3 Å². The highest BCUT2D eigenvalue weighted by Crippen LogP contribution is 2.26. The molecular weight excluding hydrogens is 290 g/mol. The number of aromatic carboxylic acids is 1. The van der Waals surface area contributed by atoms with Crippen molar-refractivity contribution in [1.29, 1.82) is 0 Å². The number of nitrogens with two attached hydrogens (primary N) is 1. The van der Waals surface area contributed by atoms with Crippen molar-refractivity contribution in [2.75, 3.05) is 5.73 Å². The zero-order valence-electron chi connectivity index (χ0n) is 11.2. The van der Waals surface area contributed by atoms with Gasteiger partial charge >= 0.3 is 5.97 Å². The number of benzene rings is 1. The molecule has 2 heterocycles. The maximum Gasteiger partial charge on any atom is 0.372 e. The largest absolute Gasteiger partial charge is 0.475 e. The van der Waals surface area contributed by atoms with Crippen molar-refractivity contribution in [3.63, 3.8) is 0 Å². The Balaban J connectivity index is 1.77. The van der Waals surface area contributed by atoms with Crippen LogP contribution in [-0.4, -0.2) is 21.0 Å². The van der Waals surface area contributed by atoms with E-state index in [2.05, 4.69) is 9.97 Å². The molecule has 0 atom stereocenters. The number of aromatic nitrogens is 2. The number of hydrogen-bond donors (Lipinski definition) is 3. The third-order valence-corrected chi connectivity index (χ3v) is 3.89. The van der Waals surface area contributed by atoms with Gasteiger partial charge in [-0.2, -0.15) is 0 Å². The molecule has 4 N–H and O–H groups in total. The quantitative estimate of drug-likeness (QED) is 0.505. The average molecular weight is 303 g/mol. The minimum Gasteiger partial charge on any atom is -0.475 e. The molecule has 0 radical (unpaired) electrons. The number of nitrogen functional groups attached to an aromatic ring is 1. The predicted octanol–water partition coefficient (Wildman–Crippen LogP) is 3.04. The van der Waals surface area contributed by atoms with Crippen LogP contribution in [0.2, 0.25) is 0 Å². The van der Waals surface area contributed by atoms with Crippen LogP contribution in [0.1, 0.15) is 21.9 Å². The molecule has 3 rings (SSSR count). The lowest BCUT2D eigenvalue weighted by molar-refractivity contribution is 0.0659. The normalized spacial score (nSPS) is 11.1. The number of carboxylic acids is 1. The lowest BCUT2D eigenvalue weighted by Gasteiger charge is -1.94. The van der Waals surface area contributed by atoms with Gasteiger partial charge in [-0.15, -0.1) is 0 Å². The van der Waals surface area contributed by atoms with Crippen LogP contribution < -0.4 is 5.73 Å². The van der Waals surface area contributed by atoms with E-state index >= 15 is 0 Å². The molecule has 0 unspecified atom stereocenters. The van der Waals surface area contributed by atoms with Gasteiger partial charge in [0, 0.05) is 11.3 Å². The first-order valence-corrected chi connectivity index (χ1v) is 7.22. The van der Waals surface area contributed by atoms with E-state index in [0.717, 1.165) is 16.2 Å². The molecule has 0 aliphatic rings. The van der Waals surface area contributed by atoms with E-state index in [1.54, 1.807) is 19.1 Å². The molecular formula is C14H13N3O3S. The van der Waals surface area contributed by atoms with Gasteiger partial charge in [-0.1, -0.05) is 11.8 Å². The third-order valence-electron chi connectivity index (χ3n) is 3.00. The van der Waals surface area contributed by atoms with Gasteiger partial charge in [0.1, 0.15) is 5.76 Å². The van der Waals surface area contributed by atoms with Crippen LogP contribution in [0.25, 0.3) is 11.0 Å². The van der Waals surface area contributed by atoms with Gasteiger partial charge in [-0.3, -0.25) is 0 Å². The Morgan fingerprint density at radius 2 is 2.29 bits per heavy atom. The highest BCUT2D eigenvalue weighted by molar-refractivity contribution is 7.98. The van der Waals surface area contributed by atoms with Gasteiger partial charge in [0.15, 0.2) is 5.16 Å². The standard InChI is InChI=1S/C14H13N3O3S/c1-7-4-9(20-12(7)13(18)19)6-21-14-16-10-3-2-8(15)5-11(10)17-14/h2-5H,6,15H2,1H3,(H,16,17)(H,18,19). The van der Waals surface area contributed by atoms with Crippen molar-refractivity contribution >= 4 is 34.5 Å². The molecule has 0 saturated carbocycles. The number of anilines is 1. The Kier molecular flexibility index (Phi) is 3.34. The Morgan fingerprint density at radius 3 is 3.00 bits per heavy atom. The number of rotatable bonds is 4. The first kappa shape index (κ1) is 13.6. The van der Waals surface area contributed by atoms with Gasteiger partial charge in [-0.05, 0) is 31.2 Å². The summed E-state index contributed by atoms with van der Waals surface area (Å²) >= 11 is 1.44. The smallest absolute Gasteiger partial charge is 0.372 e. The molecule has 0 saturated heterocycles.